The average molecular weight is 221 g/mol. The van der Waals surface area contributed by atoms with Crippen LogP contribution in [0.2, 0.25) is 0 Å². The van der Waals surface area contributed by atoms with Gasteiger partial charge in [-0.3, -0.25) is 0 Å². The third-order valence-corrected chi connectivity index (χ3v) is 2.95. The lowest BCUT2D eigenvalue weighted by molar-refractivity contribution is 0.186. The van der Waals surface area contributed by atoms with Gasteiger partial charge in [-0.25, -0.2) is 0 Å². The fraction of sp³-hybridized carbons (Fsp3) is 0.500. The zero-order chi connectivity index (χ0) is 11.7. The Labute approximate surface area is 96.3 Å². The van der Waals surface area contributed by atoms with E-state index in [0.717, 1.165) is 25.3 Å². The summed E-state index contributed by atoms with van der Waals surface area (Å²) in [4.78, 5) is 4.44. The molecule has 1 heterocycles. The lowest BCUT2D eigenvalue weighted by Gasteiger charge is -2.20. The van der Waals surface area contributed by atoms with Crippen LogP contribution in [0.15, 0.2) is 18.2 Å². The number of hydrogen-bond acceptors (Lipinski definition) is 4. The van der Waals surface area contributed by atoms with E-state index in [-0.39, 0.29) is 6.10 Å². The van der Waals surface area contributed by atoms with Crippen LogP contribution in [0, 0.1) is 0 Å². The molecule has 16 heavy (non-hydrogen) atoms. The molecular formula is C12H19N3O. The first-order valence-electron chi connectivity index (χ1n) is 5.61. The molecule has 0 aromatic heterocycles. The molecule has 0 radical (unpaired) electrons. The minimum atomic E-state index is -0.254. The predicted octanol–water partition coefficient (Wildman–Crippen LogP) is 1.25. The Bertz CT molecular complexity index is 379. The number of nitrogens with zero attached hydrogens (tertiary/aromatic N) is 2. The van der Waals surface area contributed by atoms with E-state index < -0.39 is 0 Å². The number of nitrogen functional groups attached to an aromatic ring is 1. The van der Waals surface area contributed by atoms with E-state index in [9.17, 15) is 5.11 Å². The summed E-state index contributed by atoms with van der Waals surface area (Å²) < 4.78 is 0. The van der Waals surface area contributed by atoms with Gasteiger partial charge in [-0.05, 0) is 31.5 Å². The Morgan fingerprint density at radius 2 is 2.19 bits per heavy atom. The van der Waals surface area contributed by atoms with E-state index in [1.165, 1.54) is 11.4 Å². The fourth-order valence-corrected chi connectivity index (χ4v) is 2.06. The number of hydrogen-bond donors (Lipinski definition) is 2. The Kier molecular flexibility index (Phi) is 2.92. The molecule has 4 nitrogen and oxygen atoms in total. The molecule has 4 heteroatoms. The van der Waals surface area contributed by atoms with Crippen molar-refractivity contribution in [3.8, 4) is 0 Å². The maximum Gasteiger partial charge on any atom is 0.0901 e. The maximum atomic E-state index is 9.32. The highest BCUT2D eigenvalue weighted by Crippen LogP contribution is 2.36. The Morgan fingerprint density at radius 3 is 2.88 bits per heavy atom. The van der Waals surface area contributed by atoms with Gasteiger partial charge in [0.15, 0.2) is 0 Å². The van der Waals surface area contributed by atoms with Crippen molar-refractivity contribution in [3.63, 3.8) is 0 Å². The van der Waals surface area contributed by atoms with Crippen molar-refractivity contribution < 1.29 is 5.11 Å². The van der Waals surface area contributed by atoms with Gasteiger partial charge in [-0.15, -0.1) is 0 Å². The van der Waals surface area contributed by atoms with Crippen molar-refractivity contribution in [3.05, 3.63) is 18.2 Å². The molecule has 1 unspecified atom stereocenters. The number of nitrogens with two attached hydrogens (primary N) is 1. The van der Waals surface area contributed by atoms with Gasteiger partial charge in [0.25, 0.3) is 0 Å². The monoisotopic (exact) mass is 221 g/mol. The molecule has 0 aliphatic carbocycles. The van der Waals surface area contributed by atoms with Gasteiger partial charge in [-0.1, -0.05) is 0 Å². The van der Waals surface area contributed by atoms with Crippen LogP contribution in [0.25, 0.3) is 0 Å². The molecule has 0 saturated heterocycles. The minimum absolute atomic E-state index is 0.254. The van der Waals surface area contributed by atoms with Crippen molar-refractivity contribution in [1.29, 1.82) is 0 Å². The third kappa shape index (κ3) is 2.07. The number of fused-ring (bicyclic) bond motifs is 1. The van der Waals surface area contributed by atoms with Crippen LogP contribution in [0.3, 0.4) is 0 Å². The van der Waals surface area contributed by atoms with Gasteiger partial charge in [0.2, 0.25) is 0 Å². The average Bonchev–Trinajstić information content (AvgIpc) is 2.52. The summed E-state index contributed by atoms with van der Waals surface area (Å²) >= 11 is 0. The van der Waals surface area contributed by atoms with Crippen LogP contribution >= 0.6 is 0 Å². The van der Waals surface area contributed by atoms with Crippen molar-refractivity contribution in [2.24, 2.45) is 0 Å². The van der Waals surface area contributed by atoms with Gasteiger partial charge < -0.3 is 20.6 Å². The largest absolute Gasteiger partial charge is 0.399 e. The maximum absolute atomic E-state index is 9.32. The summed E-state index contributed by atoms with van der Waals surface area (Å²) in [6, 6.07) is 5.97. The standard InChI is InChI=1S/C12H19N3O/c1-9(16)5-6-15-8-14(2)11-4-3-10(13)7-12(11)15/h3-4,7,9,16H,5-6,8,13H2,1-2H3. The number of aliphatic hydroxyl groups excluding tert-OH is 1. The first-order valence-corrected chi connectivity index (χ1v) is 5.61. The van der Waals surface area contributed by atoms with Gasteiger partial charge in [-0.2, -0.15) is 0 Å². The summed E-state index contributed by atoms with van der Waals surface area (Å²) in [6.45, 7) is 3.55. The van der Waals surface area contributed by atoms with E-state index in [4.69, 9.17) is 5.73 Å². The second-order valence-corrected chi connectivity index (χ2v) is 4.49. The second kappa shape index (κ2) is 4.22. The predicted molar refractivity (Wildman–Crippen MR) is 67.8 cm³/mol. The Morgan fingerprint density at radius 1 is 1.44 bits per heavy atom. The number of benzene rings is 1. The number of anilines is 3. The lowest BCUT2D eigenvalue weighted by atomic mass is 10.2. The lowest BCUT2D eigenvalue weighted by Crippen LogP contribution is -2.30. The molecule has 0 fully saturated rings. The highest BCUT2D eigenvalue weighted by atomic mass is 16.3. The highest BCUT2D eigenvalue weighted by Gasteiger charge is 2.22. The Balaban J connectivity index is 2.17. The van der Waals surface area contributed by atoms with E-state index >= 15 is 0 Å². The van der Waals surface area contributed by atoms with E-state index in [1.807, 2.05) is 25.1 Å². The van der Waals surface area contributed by atoms with Crippen molar-refractivity contribution >= 4 is 17.1 Å². The van der Waals surface area contributed by atoms with Crippen LogP contribution in [0.1, 0.15) is 13.3 Å². The SMILES string of the molecule is CC(O)CCN1CN(C)c2ccc(N)cc21. The molecular weight excluding hydrogens is 202 g/mol. The fourth-order valence-electron chi connectivity index (χ4n) is 2.06. The van der Waals surface area contributed by atoms with E-state index in [1.54, 1.807) is 0 Å². The van der Waals surface area contributed by atoms with Crippen molar-refractivity contribution in [2.45, 2.75) is 19.4 Å². The molecule has 0 spiro atoms. The Hall–Kier alpha value is -1.42. The molecule has 1 atom stereocenters. The molecule has 2 rings (SSSR count). The number of rotatable bonds is 3. The molecule has 1 aliphatic rings. The topological polar surface area (TPSA) is 52.7 Å². The molecule has 0 saturated carbocycles. The van der Waals surface area contributed by atoms with Crippen LogP contribution in [0.5, 0.6) is 0 Å². The van der Waals surface area contributed by atoms with Crippen molar-refractivity contribution in [2.75, 3.05) is 35.8 Å². The minimum Gasteiger partial charge on any atom is -0.399 e. The van der Waals surface area contributed by atoms with Gasteiger partial charge >= 0.3 is 0 Å². The zero-order valence-electron chi connectivity index (χ0n) is 9.85. The van der Waals surface area contributed by atoms with Gasteiger partial charge in [0.05, 0.1) is 24.1 Å². The quantitative estimate of drug-likeness (QED) is 0.754. The van der Waals surface area contributed by atoms with Crippen LogP contribution in [-0.2, 0) is 0 Å². The normalized spacial score (nSPS) is 16.4. The zero-order valence-corrected chi connectivity index (χ0v) is 9.85. The van der Waals surface area contributed by atoms with Crippen LogP contribution < -0.4 is 15.5 Å². The highest BCUT2D eigenvalue weighted by molar-refractivity contribution is 5.79. The molecule has 1 aliphatic heterocycles. The molecule has 1 aromatic carbocycles. The van der Waals surface area contributed by atoms with Gasteiger partial charge in [0.1, 0.15) is 0 Å². The van der Waals surface area contributed by atoms with E-state index in [2.05, 4.69) is 16.8 Å². The molecule has 1 aromatic rings. The van der Waals surface area contributed by atoms with Crippen LogP contribution in [0.4, 0.5) is 17.1 Å². The molecule has 0 bridgehead atoms. The molecule has 88 valence electrons. The second-order valence-electron chi connectivity index (χ2n) is 4.49. The smallest absolute Gasteiger partial charge is 0.0901 e. The first-order chi connectivity index (χ1) is 7.58. The third-order valence-electron chi connectivity index (χ3n) is 2.95. The number of aliphatic hydroxyl groups is 1. The molecule has 0 amide bonds. The first kappa shape index (κ1) is 11.1. The summed E-state index contributed by atoms with van der Waals surface area (Å²) in [5.41, 5.74) is 8.97. The summed E-state index contributed by atoms with van der Waals surface area (Å²) in [5, 5.41) is 9.32. The van der Waals surface area contributed by atoms with E-state index in [0.29, 0.717) is 0 Å². The summed E-state index contributed by atoms with van der Waals surface area (Å²) in [6.07, 6.45) is 0.526. The van der Waals surface area contributed by atoms with Crippen LogP contribution in [-0.4, -0.2) is 31.5 Å². The summed E-state index contributed by atoms with van der Waals surface area (Å²) in [5.74, 6) is 0. The summed E-state index contributed by atoms with van der Waals surface area (Å²) in [7, 11) is 2.07. The van der Waals surface area contributed by atoms with Crippen molar-refractivity contribution in [1.82, 2.24) is 0 Å². The molecule has 3 N–H and O–H groups in total. The van der Waals surface area contributed by atoms with Gasteiger partial charge in [0, 0.05) is 19.3 Å².